The van der Waals surface area contributed by atoms with Crippen LogP contribution in [0.2, 0.25) is 0 Å². The van der Waals surface area contributed by atoms with Crippen LogP contribution in [0.1, 0.15) is 11.1 Å². The van der Waals surface area contributed by atoms with Crippen LogP contribution in [0.3, 0.4) is 0 Å². The van der Waals surface area contributed by atoms with Crippen molar-refractivity contribution in [2.45, 2.75) is 25.0 Å². The van der Waals surface area contributed by atoms with Gasteiger partial charge in [-0.15, -0.1) is 0 Å². The molecule has 1 fully saturated rings. The molecule has 4 heteroatoms. The first-order valence-electron chi connectivity index (χ1n) is 8.81. The van der Waals surface area contributed by atoms with Crippen molar-refractivity contribution in [3.8, 4) is 0 Å². The van der Waals surface area contributed by atoms with E-state index in [9.17, 15) is 5.11 Å². The molecule has 1 aliphatic carbocycles. The van der Waals surface area contributed by atoms with Crippen molar-refractivity contribution < 1.29 is 5.11 Å². The molecule has 0 bridgehead atoms. The second-order valence-electron chi connectivity index (χ2n) is 6.89. The number of nitrogens with zero attached hydrogens (tertiary/aromatic N) is 2. The molecule has 0 spiro atoms. The molecule has 2 atom stereocenters. The van der Waals surface area contributed by atoms with Gasteiger partial charge in [-0.1, -0.05) is 30.3 Å². The van der Waals surface area contributed by atoms with Crippen LogP contribution in [0.25, 0.3) is 0 Å². The fourth-order valence-corrected chi connectivity index (χ4v) is 4.12. The molecule has 4 nitrogen and oxygen atoms in total. The highest BCUT2D eigenvalue weighted by Crippen LogP contribution is 2.29. The minimum absolute atomic E-state index is 0.206. The lowest BCUT2D eigenvalue weighted by Crippen LogP contribution is -2.56. The van der Waals surface area contributed by atoms with Gasteiger partial charge in [-0.2, -0.15) is 0 Å². The Morgan fingerprint density at radius 2 is 1.62 bits per heavy atom. The van der Waals surface area contributed by atoms with Crippen molar-refractivity contribution in [3.05, 3.63) is 59.7 Å². The Labute approximate surface area is 143 Å². The van der Waals surface area contributed by atoms with E-state index in [0.717, 1.165) is 43.9 Å². The fourth-order valence-electron chi connectivity index (χ4n) is 4.12. The van der Waals surface area contributed by atoms with Crippen molar-refractivity contribution in [1.82, 2.24) is 4.90 Å². The van der Waals surface area contributed by atoms with E-state index in [-0.39, 0.29) is 12.1 Å². The van der Waals surface area contributed by atoms with E-state index in [1.807, 2.05) is 12.1 Å². The SMILES string of the molecule is Nc1cccc2c1C[C@@H](O)[C@H](N1CCN(c3ccccc3)CC1)C2. The number of hydrogen-bond acceptors (Lipinski definition) is 4. The quantitative estimate of drug-likeness (QED) is 0.829. The van der Waals surface area contributed by atoms with E-state index < -0.39 is 0 Å². The second-order valence-corrected chi connectivity index (χ2v) is 6.89. The normalized spacial score (nSPS) is 24.6. The molecule has 1 saturated heterocycles. The first-order valence-corrected chi connectivity index (χ1v) is 8.81. The van der Waals surface area contributed by atoms with Gasteiger partial charge in [0.1, 0.15) is 0 Å². The Bertz CT molecular complexity index is 695. The molecular formula is C20H25N3O. The van der Waals surface area contributed by atoms with Gasteiger partial charge in [0.25, 0.3) is 0 Å². The molecule has 2 aromatic rings. The van der Waals surface area contributed by atoms with E-state index in [1.165, 1.54) is 11.3 Å². The standard InChI is InChI=1S/C20H25N3O/c21-18-8-4-5-15-13-19(20(24)14-17(15)18)23-11-9-22(10-12-23)16-6-2-1-3-7-16/h1-8,19-20,24H,9-14,21H2/t19-,20-/m1/s1. The third-order valence-corrected chi connectivity index (χ3v) is 5.50. The third-order valence-electron chi connectivity index (χ3n) is 5.50. The van der Waals surface area contributed by atoms with Gasteiger partial charge in [0.15, 0.2) is 0 Å². The summed E-state index contributed by atoms with van der Waals surface area (Å²) in [6.45, 7) is 4.01. The molecule has 0 radical (unpaired) electrons. The summed E-state index contributed by atoms with van der Waals surface area (Å²) in [6.07, 6.45) is 1.24. The lowest BCUT2D eigenvalue weighted by Gasteiger charge is -2.43. The van der Waals surface area contributed by atoms with Crippen LogP contribution in [0, 0.1) is 0 Å². The number of piperazine rings is 1. The highest BCUT2D eigenvalue weighted by Gasteiger charge is 2.33. The predicted molar refractivity (Wildman–Crippen MR) is 98.3 cm³/mol. The molecule has 24 heavy (non-hydrogen) atoms. The Morgan fingerprint density at radius 1 is 0.875 bits per heavy atom. The van der Waals surface area contributed by atoms with Crippen LogP contribution in [0.5, 0.6) is 0 Å². The summed E-state index contributed by atoms with van der Waals surface area (Å²) in [6, 6.07) is 16.9. The van der Waals surface area contributed by atoms with Gasteiger partial charge in [0.2, 0.25) is 0 Å². The number of aliphatic hydroxyl groups excluding tert-OH is 1. The maximum Gasteiger partial charge on any atom is 0.0739 e. The van der Waals surface area contributed by atoms with Crippen LogP contribution in [0.15, 0.2) is 48.5 Å². The summed E-state index contributed by atoms with van der Waals surface area (Å²) in [5, 5.41) is 10.7. The van der Waals surface area contributed by atoms with Crippen molar-refractivity contribution >= 4 is 11.4 Å². The maximum absolute atomic E-state index is 10.7. The summed E-state index contributed by atoms with van der Waals surface area (Å²) in [5.41, 5.74) is 10.6. The van der Waals surface area contributed by atoms with E-state index >= 15 is 0 Å². The van der Waals surface area contributed by atoms with Crippen LogP contribution < -0.4 is 10.6 Å². The fraction of sp³-hybridized carbons (Fsp3) is 0.400. The van der Waals surface area contributed by atoms with Crippen molar-refractivity contribution in [2.75, 3.05) is 36.8 Å². The highest BCUT2D eigenvalue weighted by atomic mass is 16.3. The van der Waals surface area contributed by atoms with Gasteiger partial charge in [0, 0.05) is 50.0 Å². The van der Waals surface area contributed by atoms with Crippen LogP contribution in [-0.2, 0) is 12.8 Å². The number of benzene rings is 2. The molecule has 0 unspecified atom stereocenters. The molecule has 2 aromatic carbocycles. The Kier molecular flexibility index (Phi) is 4.17. The van der Waals surface area contributed by atoms with Crippen LogP contribution in [0.4, 0.5) is 11.4 Å². The van der Waals surface area contributed by atoms with Gasteiger partial charge in [-0.3, -0.25) is 4.90 Å². The summed E-state index contributed by atoms with van der Waals surface area (Å²) < 4.78 is 0. The van der Waals surface area contributed by atoms with Gasteiger partial charge in [0.05, 0.1) is 6.10 Å². The van der Waals surface area contributed by atoms with Crippen LogP contribution >= 0.6 is 0 Å². The Hall–Kier alpha value is -2.04. The average Bonchev–Trinajstić information content (AvgIpc) is 2.63. The topological polar surface area (TPSA) is 52.7 Å². The maximum atomic E-state index is 10.7. The zero-order valence-electron chi connectivity index (χ0n) is 13.9. The molecule has 3 N–H and O–H groups in total. The number of aliphatic hydroxyl groups is 1. The number of rotatable bonds is 2. The number of para-hydroxylation sites is 1. The first-order chi connectivity index (χ1) is 11.7. The minimum Gasteiger partial charge on any atom is -0.398 e. The predicted octanol–water partition coefficient (Wildman–Crippen LogP) is 1.92. The van der Waals surface area contributed by atoms with E-state index in [2.05, 4.69) is 46.2 Å². The summed E-state index contributed by atoms with van der Waals surface area (Å²) in [4.78, 5) is 4.88. The zero-order chi connectivity index (χ0) is 16.5. The third kappa shape index (κ3) is 2.87. The molecular weight excluding hydrogens is 298 g/mol. The zero-order valence-corrected chi connectivity index (χ0v) is 13.9. The summed E-state index contributed by atoms with van der Waals surface area (Å²) in [7, 11) is 0. The molecule has 1 heterocycles. The van der Waals surface area contributed by atoms with Gasteiger partial charge >= 0.3 is 0 Å². The smallest absolute Gasteiger partial charge is 0.0739 e. The van der Waals surface area contributed by atoms with Gasteiger partial charge in [-0.25, -0.2) is 0 Å². The minimum atomic E-state index is -0.328. The molecule has 4 rings (SSSR count). The molecule has 0 aromatic heterocycles. The van der Waals surface area contributed by atoms with E-state index in [1.54, 1.807) is 0 Å². The highest BCUT2D eigenvalue weighted by molar-refractivity contribution is 5.53. The Morgan fingerprint density at radius 3 is 2.38 bits per heavy atom. The van der Waals surface area contributed by atoms with E-state index in [4.69, 9.17) is 5.73 Å². The Balaban J connectivity index is 1.44. The average molecular weight is 323 g/mol. The largest absolute Gasteiger partial charge is 0.398 e. The van der Waals surface area contributed by atoms with Crippen molar-refractivity contribution in [1.29, 1.82) is 0 Å². The number of fused-ring (bicyclic) bond motifs is 1. The number of anilines is 2. The second kappa shape index (κ2) is 6.46. The number of nitrogens with two attached hydrogens (primary N) is 1. The van der Waals surface area contributed by atoms with Gasteiger partial charge in [-0.05, 0) is 35.7 Å². The summed E-state index contributed by atoms with van der Waals surface area (Å²) >= 11 is 0. The first kappa shape index (κ1) is 15.5. The monoisotopic (exact) mass is 323 g/mol. The molecule has 126 valence electrons. The molecule has 0 saturated carbocycles. The lowest BCUT2D eigenvalue weighted by atomic mass is 9.84. The van der Waals surface area contributed by atoms with Gasteiger partial charge < -0.3 is 15.7 Å². The molecule has 0 amide bonds. The lowest BCUT2D eigenvalue weighted by molar-refractivity contribution is 0.0397. The molecule has 1 aliphatic heterocycles. The summed E-state index contributed by atoms with van der Waals surface area (Å²) in [5.74, 6) is 0. The van der Waals surface area contributed by atoms with Crippen molar-refractivity contribution in [2.24, 2.45) is 0 Å². The van der Waals surface area contributed by atoms with E-state index in [0.29, 0.717) is 6.42 Å². The van der Waals surface area contributed by atoms with Crippen LogP contribution in [-0.4, -0.2) is 48.3 Å². The number of hydrogen-bond donors (Lipinski definition) is 2. The van der Waals surface area contributed by atoms with Crippen molar-refractivity contribution in [3.63, 3.8) is 0 Å². The number of nitrogen functional groups attached to an aromatic ring is 1. The molecule has 2 aliphatic rings.